The zero-order valence-electron chi connectivity index (χ0n) is 12.6. The molecule has 6 nitrogen and oxygen atoms in total. The maximum Gasteiger partial charge on any atom is 0.211 e. The first kappa shape index (κ1) is 16.4. The molecule has 21 heavy (non-hydrogen) atoms. The SMILES string of the molecule is CCC(N)C(c1ccccn1)N1CCN(S(C)(=O)=O)CC1. The van der Waals surface area contributed by atoms with E-state index in [0.29, 0.717) is 26.2 Å². The van der Waals surface area contributed by atoms with E-state index in [4.69, 9.17) is 5.73 Å². The lowest BCUT2D eigenvalue weighted by Crippen LogP contribution is -2.52. The molecule has 1 aromatic heterocycles. The summed E-state index contributed by atoms with van der Waals surface area (Å²) in [5.41, 5.74) is 7.25. The molecule has 0 amide bonds. The minimum Gasteiger partial charge on any atom is -0.326 e. The minimum absolute atomic E-state index is 0.00955. The summed E-state index contributed by atoms with van der Waals surface area (Å²) < 4.78 is 24.7. The van der Waals surface area contributed by atoms with E-state index in [1.807, 2.05) is 18.2 Å². The lowest BCUT2D eigenvalue weighted by atomic mass is 10.00. The van der Waals surface area contributed by atoms with Gasteiger partial charge in [-0.25, -0.2) is 8.42 Å². The van der Waals surface area contributed by atoms with Crippen molar-refractivity contribution in [3.05, 3.63) is 30.1 Å². The van der Waals surface area contributed by atoms with Gasteiger partial charge in [0.2, 0.25) is 10.0 Å². The zero-order valence-corrected chi connectivity index (χ0v) is 13.5. The lowest BCUT2D eigenvalue weighted by molar-refractivity contribution is 0.116. The number of nitrogens with zero attached hydrogens (tertiary/aromatic N) is 3. The van der Waals surface area contributed by atoms with Crippen molar-refractivity contribution in [2.45, 2.75) is 25.4 Å². The topological polar surface area (TPSA) is 79.5 Å². The molecular weight excluding hydrogens is 288 g/mol. The predicted molar refractivity (Wildman–Crippen MR) is 83.2 cm³/mol. The molecule has 1 saturated heterocycles. The molecule has 0 saturated carbocycles. The molecule has 2 heterocycles. The van der Waals surface area contributed by atoms with Crippen LogP contribution in [0, 0.1) is 0 Å². The highest BCUT2D eigenvalue weighted by molar-refractivity contribution is 7.88. The van der Waals surface area contributed by atoms with Gasteiger partial charge in [-0.2, -0.15) is 4.31 Å². The van der Waals surface area contributed by atoms with Gasteiger partial charge in [0.05, 0.1) is 18.0 Å². The van der Waals surface area contributed by atoms with Crippen LogP contribution in [0.2, 0.25) is 0 Å². The number of hydrogen-bond donors (Lipinski definition) is 1. The van der Waals surface area contributed by atoms with Crippen molar-refractivity contribution >= 4 is 10.0 Å². The highest BCUT2D eigenvalue weighted by atomic mass is 32.2. The van der Waals surface area contributed by atoms with Crippen LogP contribution in [0.4, 0.5) is 0 Å². The van der Waals surface area contributed by atoms with Crippen LogP contribution in [0.15, 0.2) is 24.4 Å². The first-order valence-corrected chi connectivity index (χ1v) is 9.14. The lowest BCUT2D eigenvalue weighted by Gasteiger charge is -2.40. The van der Waals surface area contributed by atoms with E-state index in [2.05, 4.69) is 16.8 Å². The van der Waals surface area contributed by atoms with Crippen molar-refractivity contribution in [3.63, 3.8) is 0 Å². The van der Waals surface area contributed by atoms with Crippen molar-refractivity contribution < 1.29 is 8.42 Å². The van der Waals surface area contributed by atoms with E-state index in [1.54, 1.807) is 6.20 Å². The van der Waals surface area contributed by atoms with Gasteiger partial charge in [-0.05, 0) is 18.6 Å². The molecule has 1 aromatic rings. The van der Waals surface area contributed by atoms with E-state index >= 15 is 0 Å². The summed E-state index contributed by atoms with van der Waals surface area (Å²) >= 11 is 0. The first-order valence-electron chi connectivity index (χ1n) is 7.29. The summed E-state index contributed by atoms with van der Waals surface area (Å²) in [5, 5.41) is 0. The van der Waals surface area contributed by atoms with E-state index in [9.17, 15) is 8.42 Å². The van der Waals surface area contributed by atoms with Crippen LogP contribution >= 0.6 is 0 Å². The fraction of sp³-hybridized carbons (Fsp3) is 0.643. The number of pyridine rings is 1. The van der Waals surface area contributed by atoms with Crippen LogP contribution in [0.25, 0.3) is 0 Å². The van der Waals surface area contributed by atoms with E-state index in [1.165, 1.54) is 10.6 Å². The Balaban J connectivity index is 2.13. The van der Waals surface area contributed by atoms with E-state index in [-0.39, 0.29) is 12.1 Å². The Labute approximate surface area is 127 Å². The molecule has 2 rings (SSSR count). The average Bonchev–Trinajstić information content (AvgIpc) is 2.48. The van der Waals surface area contributed by atoms with Crippen LogP contribution in [0.1, 0.15) is 25.1 Å². The van der Waals surface area contributed by atoms with Crippen LogP contribution < -0.4 is 5.73 Å². The second-order valence-corrected chi connectivity index (χ2v) is 7.45. The molecule has 0 spiro atoms. The smallest absolute Gasteiger partial charge is 0.211 e. The van der Waals surface area contributed by atoms with Gasteiger partial charge in [0, 0.05) is 38.4 Å². The summed E-state index contributed by atoms with van der Waals surface area (Å²) in [6.07, 6.45) is 3.89. The molecule has 2 N–H and O–H groups in total. The van der Waals surface area contributed by atoms with Gasteiger partial charge < -0.3 is 5.73 Å². The van der Waals surface area contributed by atoms with Crippen molar-refractivity contribution in [2.75, 3.05) is 32.4 Å². The molecule has 1 aliphatic heterocycles. The quantitative estimate of drug-likeness (QED) is 0.853. The van der Waals surface area contributed by atoms with E-state index < -0.39 is 10.0 Å². The standard InChI is InChI=1S/C14H24N4O2S/c1-3-12(15)14(13-6-4-5-7-16-13)17-8-10-18(11-9-17)21(2,19)20/h4-7,12,14H,3,8-11,15H2,1-2H3. The fourth-order valence-corrected chi connectivity index (χ4v) is 3.59. The third-order valence-corrected chi connectivity index (χ3v) is 5.31. The molecule has 118 valence electrons. The molecule has 0 aromatic carbocycles. The summed E-state index contributed by atoms with van der Waals surface area (Å²) in [6, 6.07) is 5.87. The fourth-order valence-electron chi connectivity index (χ4n) is 2.76. The highest BCUT2D eigenvalue weighted by Gasteiger charge is 2.31. The van der Waals surface area contributed by atoms with Crippen molar-refractivity contribution in [1.29, 1.82) is 0 Å². The summed E-state index contributed by atoms with van der Waals surface area (Å²) in [4.78, 5) is 6.69. The minimum atomic E-state index is -3.11. The largest absolute Gasteiger partial charge is 0.326 e. The van der Waals surface area contributed by atoms with Gasteiger partial charge in [0.1, 0.15) is 0 Å². The Morgan fingerprint density at radius 2 is 1.95 bits per heavy atom. The number of aromatic nitrogens is 1. The van der Waals surface area contributed by atoms with Crippen molar-refractivity contribution in [1.82, 2.24) is 14.2 Å². The second-order valence-electron chi connectivity index (χ2n) is 5.47. The van der Waals surface area contributed by atoms with Gasteiger partial charge in [-0.15, -0.1) is 0 Å². The Morgan fingerprint density at radius 3 is 2.43 bits per heavy atom. The van der Waals surface area contributed by atoms with Crippen molar-refractivity contribution in [2.24, 2.45) is 5.73 Å². The average molecular weight is 312 g/mol. The normalized spacial score (nSPS) is 21.1. The summed E-state index contributed by atoms with van der Waals surface area (Å²) in [7, 11) is -3.11. The third kappa shape index (κ3) is 4.00. The van der Waals surface area contributed by atoms with Crippen molar-refractivity contribution in [3.8, 4) is 0 Å². The van der Waals surface area contributed by atoms with Crippen LogP contribution in [0.5, 0.6) is 0 Å². The van der Waals surface area contributed by atoms with E-state index in [0.717, 1.165) is 12.1 Å². The molecule has 1 aliphatic rings. The van der Waals surface area contributed by atoms with Gasteiger partial charge in [-0.3, -0.25) is 9.88 Å². The Morgan fingerprint density at radius 1 is 1.29 bits per heavy atom. The molecule has 0 radical (unpaired) electrons. The molecular formula is C14H24N4O2S. The second kappa shape index (κ2) is 6.83. The number of rotatable bonds is 5. The molecule has 2 unspecified atom stereocenters. The Bertz CT molecular complexity index is 541. The van der Waals surface area contributed by atoms with Crippen LogP contribution in [-0.2, 0) is 10.0 Å². The number of nitrogens with two attached hydrogens (primary N) is 1. The predicted octanol–water partition coefficient (Wildman–Crippen LogP) is 0.437. The third-order valence-electron chi connectivity index (χ3n) is 4.00. The maximum absolute atomic E-state index is 11.6. The van der Waals surface area contributed by atoms with Gasteiger partial charge in [-0.1, -0.05) is 13.0 Å². The first-order chi connectivity index (χ1) is 9.93. The summed E-state index contributed by atoms with van der Waals surface area (Å²) in [5.74, 6) is 0. The number of hydrogen-bond acceptors (Lipinski definition) is 5. The monoisotopic (exact) mass is 312 g/mol. The van der Waals surface area contributed by atoms with Crippen LogP contribution in [0.3, 0.4) is 0 Å². The molecule has 0 bridgehead atoms. The molecule has 2 atom stereocenters. The van der Waals surface area contributed by atoms with Gasteiger partial charge >= 0.3 is 0 Å². The maximum atomic E-state index is 11.6. The molecule has 7 heteroatoms. The highest BCUT2D eigenvalue weighted by Crippen LogP contribution is 2.25. The molecule has 1 fully saturated rings. The number of piperazine rings is 1. The van der Waals surface area contributed by atoms with Gasteiger partial charge in [0.25, 0.3) is 0 Å². The van der Waals surface area contributed by atoms with Gasteiger partial charge in [0.15, 0.2) is 0 Å². The zero-order chi connectivity index (χ0) is 15.5. The van der Waals surface area contributed by atoms with Crippen LogP contribution in [-0.4, -0.2) is 61.1 Å². The Kier molecular flexibility index (Phi) is 5.32. The Hall–Kier alpha value is -1.02. The molecule has 0 aliphatic carbocycles. The number of sulfonamides is 1. The summed E-state index contributed by atoms with van der Waals surface area (Å²) in [6.45, 7) is 4.45.